The monoisotopic (exact) mass is 258 g/mol. The van der Waals surface area contributed by atoms with E-state index in [1.54, 1.807) is 11.8 Å². The highest BCUT2D eigenvalue weighted by Crippen LogP contribution is 2.34. The molecular weight excluding hydrogens is 244 g/mol. The number of likely N-dealkylation sites (N-methyl/N-ethyl adjacent to an activating group) is 1. The number of hydrogen-bond acceptors (Lipinski definition) is 6. The van der Waals surface area contributed by atoms with Gasteiger partial charge in [0, 0.05) is 6.54 Å². The summed E-state index contributed by atoms with van der Waals surface area (Å²) in [5.41, 5.74) is 0.972. The second kappa shape index (κ2) is 4.66. The summed E-state index contributed by atoms with van der Waals surface area (Å²) in [7, 11) is 0. The van der Waals surface area contributed by atoms with Crippen molar-refractivity contribution >= 4 is 5.78 Å². The van der Waals surface area contributed by atoms with Gasteiger partial charge in [-0.3, -0.25) is 4.79 Å². The van der Waals surface area contributed by atoms with E-state index in [2.05, 4.69) is 5.32 Å². The van der Waals surface area contributed by atoms with E-state index in [1.807, 2.05) is 19.1 Å². The first-order valence-corrected chi connectivity index (χ1v) is 6.01. The van der Waals surface area contributed by atoms with Gasteiger partial charge in [0.1, 0.15) is 29.6 Å². The summed E-state index contributed by atoms with van der Waals surface area (Å²) in [4.78, 5) is 13.4. The van der Waals surface area contributed by atoms with Crippen LogP contribution in [0.5, 0.6) is 0 Å². The molecule has 2 heterocycles. The van der Waals surface area contributed by atoms with E-state index in [1.165, 1.54) is 6.92 Å². The van der Waals surface area contributed by atoms with E-state index in [0.29, 0.717) is 17.9 Å². The molecule has 0 saturated heterocycles. The number of Topliss-reactive ketones (excluding diaryl/α,β-unsaturated/α-hetero) is 1. The van der Waals surface area contributed by atoms with Gasteiger partial charge in [-0.2, -0.15) is 10.5 Å². The van der Waals surface area contributed by atoms with Crippen LogP contribution in [0.25, 0.3) is 0 Å². The standard InChI is InChI=1S/C13H14N4O2/c1-4-17-10(6-15)9(5-14)16-12-11(7(2)18)8(3)19-13(12)17/h12-13,16H,4H2,1-3H3/t12-,13-/m0/s1. The number of carbonyl (C=O) groups is 1. The van der Waals surface area contributed by atoms with Crippen LogP contribution in [-0.4, -0.2) is 29.5 Å². The molecule has 2 rings (SSSR count). The first kappa shape index (κ1) is 13.0. The maximum absolute atomic E-state index is 11.7. The van der Waals surface area contributed by atoms with Crippen molar-refractivity contribution < 1.29 is 9.53 Å². The number of nitrogens with one attached hydrogen (secondary N) is 1. The molecule has 0 fully saturated rings. The molecule has 6 heteroatoms. The molecule has 0 spiro atoms. The lowest BCUT2D eigenvalue weighted by Gasteiger charge is -2.37. The Balaban J connectivity index is 2.49. The summed E-state index contributed by atoms with van der Waals surface area (Å²) >= 11 is 0. The van der Waals surface area contributed by atoms with Crippen LogP contribution >= 0.6 is 0 Å². The highest BCUT2D eigenvalue weighted by Gasteiger charge is 2.45. The first-order chi connectivity index (χ1) is 9.04. The number of ether oxygens (including phenoxy) is 1. The van der Waals surface area contributed by atoms with Crippen molar-refractivity contribution in [2.24, 2.45) is 0 Å². The summed E-state index contributed by atoms with van der Waals surface area (Å²) in [5.74, 6) is 0.455. The molecule has 19 heavy (non-hydrogen) atoms. The molecular formula is C13H14N4O2. The molecule has 0 aromatic carbocycles. The summed E-state index contributed by atoms with van der Waals surface area (Å²) in [6.07, 6.45) is -0.448. The van der Waals surface area contributed by atoms with Crippen LogP contribution in [0.3, 0.4) is 0 Å². The molecule has 0 aromatic rings. The minimum Gasteiger partial charge on any atom is -0.472 e. The molecule has 1 N–H and O–H groups in total. The third-order valence-electron chi connectivity index (χ3n) is 3.34. The number of nitrogens with zero attached hydrogens (tertiary/aromatic N) is 3. The van der Waals surface area contributed by atoms with E-state index in [0.717, 1.165) is 0 Å². The van der Waals surface area contributed by atoms with Gasteiger partial charge < -0.3 is 15.0 Å². The number of rotatable bonds is 2. The topological polar surface area (TPSA) is 89.2 Å². The van der Waals surface area contributed by atoms with Crippen LogP contribution in [0.15, 0.2) is 22.7 Å². The van der Waals surface area contributed by atoms with Gasteiger partial charge >= 0.3 is 0 Å². The number of allylic oxidation sites excluding steroid dienone is 3. The summed E-state index contributed by atoms with van der Waals surface area (Å²) < 4.78 is 5.70. The molecule has 0 radical (unpaired) electrons. The van der Waals surface area contributed by atoms with Gasteiger partial charge in [0.15, 0.2) is 17.7 Å². The van der Waals surface area contributed by atoms with Crippen LogP contribution in [-0.2, 0) is 9.53 Å². The lowest BCUT2D eigenvalue weighted by atomic mass is 9.99. The smallest absolute Gasteiger partial charge is 0.197 e. The van der Waals surface area contributed by atoms with Crippen LogP contribution in [0.2, 0.25) is 0 Å². The predicted octanol–water partition coefficient (Wildman–Crippen LogP) is 0.758. The Bertz CT molecular complexity index is 576. The normalized spacial score (nSPS) is 25.2. The Kier molecular flexibility index (Phi) is 3.18. The maximum Gasteiger partial charge on any atom is 0.197 e. The maximum atomic E-state index is 11.7. The van der Waals surface area contributed by atoms with Gasteiger partial charge in [-0.15, -0.1) is 0 Å². The molecule has 2 aliphatic rings. The molecule has 0 aromatic heterocycles. The molecule has 0 unspecified atom stereocenters. The second-order valence-corrected chi connectivity index (χ2v) is 4.39. The Morgan fingerprint density at radius 2 is 2.16 bits per heavy atom. The molecule has 2 aliphatic heterocycles. The Labute approximate surface area is 111 Å². The van der Waals surface area contributed by atoms with Gasteiger partial charge in [-0.25, -0.2) is 0 Å². The molecule has 0 bridgehead atoms. The minimum atomic E-state index is -0.448. The average Bonchev–Trinajstić information content (AvgIpc) is 2.71. The van der Waals surface area contributed by atoms with Gasteiger partial charge in [0.2, 0.25) is 0 Å². The fourth-order valence-electron chi connectivity index (χ4n) is 2.57. The van der Waals surface area contributed by atoms with E-state index in [4.69, 9.17) is 10.00 Å². The third-order valence-corrected chi connectivity index (χ3v) is 3.34. The summed E-state index contributed by atoms with van der Waals surface area (Å²) in [5, 5.41) is 21.2. The lowest BCUT2D eigenvalue weighted by Crippen LogP contribution is -2.53. The fraction of sp³-hybridized carbons (Fsp3) is 0.462. The lowest BCUT2D eigenvalue weighted by molar-refractivity contribution is -0.114. The SMILES string of the molecule is CCN1C(C#N)=C(C#N)N[C@H]2C(C(C)=O)=C(C)O[C@@H]21. The van der Waals surface area contributed by atoms with Gasteiger partial charge in [-0.1, -0.05) is 0 Å². The quantitative estimate of drug-likeness (QED) is 0.786. The van der Waals surface area contributed by atoms with E-state index in [9.17, 15) is 10.1 Å². The van der Waals surface area contributed by atoms with E-state index >= 15 is 0 Å². The largest absolute Gasteiger partial charge is 0.472 e. The number of hydrogen-bond donors (Lipinski definition) is 1. The third kappa shape index (κ3) is 1.82. The minimum absolute atomic E-state index is 0.0914. The average molecular weight is 258 g/mol. The Morgan fingerprint density at radius 1 is 1.47 bits per heavy atom. The highest BCUT2D eigenvalue weighted by atomic mass is 16.5. The highest BCUT2D eigenvalue weighted by molar-refractivity contribution is 5.95. The zero-order valence-corrected chi connectivity index (χ0v) is 11.0. The number of ketones is 1. The first-order valence-electron chi connectivity index (χ1n) is 6.01. The van der Waals surface area contributed by atoms with Crippen LogP contribution in [0, 0.1) is 22.7 Å². The molecule has 2 atom stereocenters. The predicted molar refractivity (Wildman–Crippen MR) is 65.8 cm³/mol. The molecule has 98 valence electrons. The number of carbonyl (C=O) groups excluding carboxylic acids is 1. The van der Waals surface area contributed by atoms with Crippen molar-refractivity contribution in [3.63, 3.8) is 0 Å². The van der Waals surface area contributed by atoms with Crippen molar-refractivity contribution in [2.45, 2.75) is 33.0 Å². The van der Waals surface area contributed by atoms with Crippen LogP contribution in [0.1, 0.15) is 20.8 Å². The van der Waals surface area contributed by atoms with Gasteiger partial charge in [0.25, 0.3) is 0 Å². The van der Waals surface area contributed by atoms with E-state index < -0.39 is 12.3 Å². The molecule has 0 amide bonds. The zero-order valence-electron chi connectivity index (χ0n) is 11.0. The number of fused-ring (bicyclic) bond motifs is 1. The summed E-state index contributed by atoms with van der Waals surface area (Å²) in [6.45, 7) is 5.59. The molecule has 6 nitrogen and oxygen atoms in total. The fourth-order valence-corrected chi connectivity index (χ4v) is 2.57. The van der Waals surface area contributed by atoms with Gasteiger partial charge in [0.05, 0.1) is 5.57 Å². The molecule has 0 saturated carbocycles. The van der Waals surface area contributed by atoms with Crippen molar-refractivity contribution in [2.75, 3.05) is 6.54 Å². The van der Waals surface area contributed by atoms with E-state index in [-0.39, 0.29) is 17.2 Å². The van der Waals surface area contributed by atoms with Crippen LogP contribution in [0.4, 0.5) is 0 Å². The van der Waals surface area contributed by atoms with Crippen LogP contribution < -0.4 is 5.32 Å². The van der Waals surface area contributed by atoms with Crippen molar-refractivity contribution in [1.29, 1.82) is 10.5 Å². The second-order valence-electron chi connectivity index (χ2n) is 4.39. The Morgan fingerprint density at radius 3 is 2.63 bits per heavy atom. The van der Waals surface area contributed by atoms with Gasteiger partial charge in [-0.05, 0) is 20.8 Å². The Hall–Kier alpha value is -2.47. The molecule has 0 aliphatic carbocycles. The summed E-state index contributed by atoms with van der Waals surface area (Å²) in [6, 6.07) is 3.59. The van der Waals surface area contributed by atoms with Crippen molar-refractivity contribution in [3.05, 3.63) is 22.7 Å². The number of nitriles is 2. The zero-order chi connectivity index (χ0) is 14.2. The van der Waals surface area contributed by atoms with Crippen molar-refractivity contribution in [1.82, 2.24) is 10.2 Å². The van der Waals surface area contributed by atoms with Crippen molar-refractivity contribution in [3.8, 4) is 12.1 Å².